The number of benzene rings is 6. The Balaban J connectivity index is 1.62. The summed E-state index contributed by atoms with van der Waals surface area (Å²) in [4.78, 5) is 0. The molecule has 0 aliphatic heterocycles. The molecule has 0 unspecified atom stereocenters. The number of allylic oxidation sites excluding steroid dienone is 1. The van der Waals surface area contributed by atoms with Gasteiger partial charge in [-0.1, -0.05) is 133 Å². The van der Waals surface area contributed by atoms with Crippen LogP contribution in [0.3, 0.4) is 0 Å². The van der Waals surface area contributed by atoms with Crippen LogP contribution < -0.4 is 0 Å². The number of hydrogen-bond donors (Lipinski definition) is 0. The predicted molar refractivity (Wildman–Crippen MR) is 247 cm³/mol. The SMILES string of the molecule is C=Cc1cc(-c2ccc3c(-c4c(CCCC)ccc5cc(-c6cc(CCC)c(C)c(C)c6CCC)ccc45)c(CCCC)ccc3c2)c(/C=C\C)c(C)c1C. The summed E-state index contributed by atoms with van der Waals surface area (Å²) in [7, 11) is 0. The first kappa shape index (κ1) is 40.0. The van der Waals surface area contributed by atoms with E-state index in [4.69, 9.17) is 0 Å². The summed E-state index contributed by atoms with van der Waals surface area (Å²) in [6.45, 7) is 24.7. The van der Waals surface area contributed by atoms with Crippen LogP contribution in [0.15, 0.2) is 85.5 Å². The molecule has 0 bridgehead atoms. The van der Waals surface area contributed by atoms with Gasteiger partial charge in [0.1, 0.15) is 0 Å². The fourth-order valence-electron chi connectivity index (χ4n) is 9.02. The van der Waals surface area contributed by atoms with Crippen LogP contribution in [0.2, 0.25) is 0 Å². The Hall–Kier alpha value is -4.68. The highest BCUT2D eigenvalue weighted by atomic mass is 14.2. The Kier molecular flexibility index (Phi) is 13.0. The summed E-state index contributed by atoms with van der Waals surface area (Å²) in [6.07, 6.45) is 17.9. The molecule has 0 N–H and O–H groups in total. The Morgan fingerprint density at radius 2 is 1.07 bits per heavy atom. The van der Waals surface area contributed by atoms with Gasteiger partial charge in [0, 0.05) is 0 Å². The molecule has 6 aromatic rings. The third-order valence-electron chi connectivity index (χ3n) is 12.4. The van der Waals surface area contributed by atoms with Crippen molar-refractivity contribution in [2.24, 2.45) is 0 Å². The lowest BCUT2D eigenvalue weighted by Gasteiger charge is -2.22. The van der Waals surface area contributed by atoms with E-state index in [0.29, 0.717) is 0 Å². The first-order valence-electron chi connectivity index (χ1n) is 21.3. The lowest BCUT2D eigenvalue weighted by Crippen LogP contribution is -2.02. The molecule has 0 fully saturated rings. The smallest absolute Gasteiger partial charge is 0.00643 e. The predicted octanol–water partition coefficient (Wildman–Crippen LogP) is 16.5. The second kappa shape index (κ2) is 17.8. The molecular weight excluding hydrogens is 661 g/mol. The average Bonchev–Trinajstić information content (AvgIpc) is 3.20. The van der Waals surface area contributed by atoms with Gasteiger partial charge in [0.05, 0.1) is 0 Å². The van der Waals surface area contributed by atoms with Crippen molar-refractivity contribution < 1.29 is 0 Å². The summed E-state index contributed by atoms with van der Waals surface area (Å²) in [5.41, 5.74) is 22.2. The highest BCUT2D eigenvalue weighted by Crippen LogP contribution is 2.43. The molecule has 6 aromatic carbocycles. The van der Waals surface area contributed by atoms with Crippen LogP contribution in [0.1, 0.15) is 129 Å². The topological polar surface area (TPSA) is 0 Å². The van der Waals surface area contributed by atoms with Gasteiger partial charge in [0.25, 0.3) is 0 Å². The van der Waals surface area contributed by atoms with Gasteiger partial charge in [-0.2, -0.15) is 0 Å². The van der Waals surface area contributed by atoms with Crippen molar-refractivity contribution in [3.05, 3.63) is 141 Å². The fraction of sp³-hybridized carbons (Fsp3) is 0.345. The van der Waals surface area contributed by atoms with E-state index in [0.717, 1.165) is 32.1 Å². The standard InChI is InChI=1S/C55H64/c1-11-17-22-41-24-26-44-32-46(52-34-40(16-6)36(7)38(9)48(52)20-14-4)28-30-50(44)54(41)55-42(23-18-12-2)25-27-45-33-47(29-31-51(45)55)53-35-43(19-13-3)37(8)39(10)49(53)21-15-5/h14,16,20,24-35H,6,11-13,15,17-19,21-23H2,1-5,7-10H3/b20-14-. The summed E-state index contributed by atoms with van der Waals surface area (Å²) in [5, 5.41) is 5.37. The van der Waals surface area contributed by atoms with Crippen molar-refractivity contribution in [3.63, 3.8) is 0 Å². The van der Waals surface area contributed by atoms with Gasteiger partial charge in [-0.3, -0.25) is 0 Å². The molecule has 284 valence electrons. The van der Waals surface area contributed by atoms with Crippen LogP contribution in [0.25, 0.3) is 67.1 Å². The van der Waals surface area contributed by atoms with Crippen LogP contribution in [-0.2, 0) is 25.7 Å². The molecule has 0 aromatic heterocycles. The summed E-state index contributed by atoms with van der Waals surface area (Å²) >= 11 is 0. The number of rotatable bonds is 15. The van der Waals surface area contributed by atoms with Crippen molar-refractivity contribution in [3.8, 4) is 33.4 Å². The lowest BCUT2D eigenvalue weighted by atomic mass is 9.82. The summed E-state index contributed by atoms with van der Waals surface area (Å²) < 4.78 is 0. The van der Waals surface area contributed by atoms with E-state index in [1.54, 1.807) is 0 Å². The highest BCUT2D eigenvalue weighted by molar-refractivity contribution is 6.09. The van der Waals surface area contributed by atoms with Gasteiger partial charge in [-0.15, -0.1) is 0 Å². The molecule has 0 spiro atoms. The Morgan fingerprint density at radius 1 is 0.509 bits per heavy atom. The highest BCUT2D eigenvalue weighted by Gasteiger charge is 2.20. The maximum Gasteiger partial charge on any atom is -0.00643 e. The summed E-state index contributed by atoms with van der Waals surface area (Å²) in [6, 6.07) is 29.2. The third-order valence-corrected chi connectivity index (χ3v) is 12.4. The van der Waals surface area contributed by atoms with Gasteiger partial charge in [-0.05, 0) is 202 Å². The monoisotopic (exact) mass is 725 g/mol. The molecule has 0 nitrogen and oxygen atoms in total. The van der Waals surface area contributed by atoms with Gasteiger partial charge in [0.15, 0.2) is 0 Å². The summed E-state index contributed by atoms with van der Waals surface area (Å²) in [5.74, 6) is 0. The van der Waals surface area contributed by atoms with Gasteiger partial charge < -0.3 is 0 Å². The third kappa shape index (κ3) is 7.89. The van der Waals surface area contributed by atoms with E-state index in [2.05, 4.69) is 154 Å². The molecular formula is C55H64. The molecule has 6 rings (SSSR count). The van der Waals surface area contributed by atoms with Crippen LogP contribution >= 0.6 is 0 Å². The second-order valence-electron chi connectivity index (χ2n) is 16.0. The molecule has 0 atom stereocenters. The molecule has 0 radical (unpaired) electrons. The molecule has 0 aliphatic rings. The van der Waals surface area contributed by atoms with E-state index in [1.165, 1.54) is 143 Å². The van der Waals surface area contributed by atoms with Crippen molar-refractivity contribution in [1.82, 2.24) is 0 Å². The Morgan fingerprint density at radius 3 is 1.58 bits per heavy atom. The zero-order valence-corrected chi connectivity index (χ0v) is 35.4. The number of unbranched alkanes of at least 4 members (excludes halogenated alkanes) is 2. The fourth-order valence-corrected chi connectivity index (χ4v) is 9.02. The lowest BCUT2D eigenvalue weighted by molar-refractivity contribution is 0.792. The Labute approximate surface area is 333 Å². The maximum absolute atomic E-state index is 4.16. The quantitative estimate of drug-likeness (QED) is 0.0989. The number of fused-ring (bicyclic) bond motifs is 2. The van der Waals surface area contributed by atoms with Gasteiger partial charge in [0.2, 0.25) is 0 Å². The van der Waals surface area contributed by atoms with Crippen LogP contribution in [0.4, 0.5) is 0 Å². The zero-order valence-electron chi connectivity index (χ0n) is 35.4. The van der Waals surface area contributed by atoms with Crippen LogP contribution in [0, 0.1) is 27.7 Å². The van der Waals surface area contributed by atoms with E-state index >= 15 is 0 Å². The van der Waals surface area contributed by atoms with Crippen LogP contribution in [0.5, 0.6) is 0 Å². The minimum Gasteiger partial charge on any atom is -0.0985 e. The molecule has 55 heavy (non-hydrogen) atoms. The van der Waals surface area contributed by atoms with Gasteiger partial charge in [-0.25, -0.2) is 0 Å². The van der Waals surface area contributed by atoms with E-state index in [9.17, 15) is 0 Å². The van der Waals surface area contributed by atoms with Crippen molar-refractivity contribution in [1.29, 1.82) is 0 Å². The van der Waals surface area contributed by atoms with Crippen molar-refractivity contribution in [2.75, 3.05) is 0 Å². The zero-order chi connectivity index (χ0) is 39.2. The number of aryl methyl sites for hydroxylation is 3. The van der Waals surface area contributed by atoms with Crippen molar-refractivity contribution >= 4 is 33.7 Å². The van der Waals surface area contributed by atoms with E-state index in [-0.39, 0.29) is 0 Å². The largest absolute Gasteiger partial charge is 0.0985 e. The maximum atomic E-state index is 4.16. The molecule has 0 saturated heterocycles. The number of hydrogen-bond acceptors (Lipinski definition) is 0. The molecule has 0 saturated carbocycles. The van der Waals surface area contributed by atoms with Crippen molar-refractivity contribution in [2.45, 2.75) is 127 Å². The normalized spacial score (nSPS) is 11.7. The second-order valence-corrected chi connectivity index (χ2v) is 16.0. The minimum absolute atomic E-state index is 1.08. The van der Waals surface area contributed by atoms with E-state index in [1.807, 2.05) is 6.08 Å². The van der Waals surface area contributed by atoms with E-state index < -0.39 is 0 Å². The average molecular weight is 725 g/mol. The minimum atomic E-state index is 1.08. The van der Waals surface area contributed by atoms with Crippen LogP contribution in [-0.4, -0.2) is 0 Å². The first-order valence-corrected chi connectivity index (χ1v) is 21.3. The van der Waals surface area contributed by atoms with Gasteiger partial charge >= 0.3 is 0 Å². The molecule has 0 heteroatoms. The molecule has 0 amide bonds. The molecule has 0 heterocycles. The Bertz CT molecular complexity index is 2380. The molecule has 0 aliphatic carbocycles. The first-order chi connectivity index (χ1) is 26.7.